The molecule has 0 spiro atoms. The number of carbonyl (C=O) groups is 1. The number of nitrogens with one attached hydrogen (secondary N) is 3. The van der Waals surface area contributed by atoms with E-state index in [-0.39, 0.29) is 23.1 Å². The molecule has 1 aromatic heterocycles. The summed E-state index contributed by atoms with van der Waals surface area (Å²) in [6, 6.07) is 22.6. The van der Waals surface area contributed by atoms with Gasteiger partial charge in [0.15, 0.2) is 0 Å². The van der Waals surface area contributed by atoms with Gasteiger partial charge in [0, 0.05) is 12.8 Å². The third-order valence-electron chi connectivity index (χ3n) is 5.93. The van der Waals surface area contributed by atoms with Gasteiger partial charge in [0.05, 0.1) is 18.3 Å². The van der Waals surface area contributed by atoms with Gasteiger partial charge in [-0.2, -0.15) is 10.2 Å². The van der Waals surface area contributed by atoms with Crippen LogP contribution in [0.2, 0.25) is 5.04 Å². The van der Waals surface area contributed by atoms with E-state index < -0.39 is 8.32 Å². The van der Waals surface area contributed by atoms with Crippen molar-refractivity contribution in [2.45, 2.75) is 51.8 Å². The molecule has 34 heavy (non-hydrogen) atoms. The van der Waals surface area contributed by atoms with Crippen LogP contribution in [-0.2, 0) is 4.43 Å². The Kier molecular flexibility index (Phi) is 8.06. The number of aromatic amines is 1. The summed E-state index contributed by atoms with van der Waals surface area (Å²) in [7, 11) is -2.73. The molecule has 0 radical (unpaired) electrons. The topological polar surface area (TPSA) is 91.4 Å². The predicted octanol–water partition coefficient (Wildman–Crippen LogP) is 3.37. The quantitative estimate of drug-likeness (QED) is 0.237. The van der Waals surface area contributed by atoms with Gasteiger partial charge < -0.3 is 15.2 Å². The lowest BCUT2D eigenvalue weighted by molar-refractivity contribution is 0.0935. The fourth-order valence-corrected chi connectivity index (χ4v) is 8.90. The van der Waals surface area contributed by atoms with Crippen molar-refractivity contribution >= 4 is 31.3 Å². The van der Waals surface area contributed by atoms with Crippen LogP contribution in [-0.4, -0.2) is 43.7 Å². The minimum Gasteiger partial charge on any atom is -0.399 e. The van der Waals surface area contributed by atoms with E-state index in [1.165, 1.54) is 10.4 Å². The summed E-state index contributed by atoms with van der Waals surface area (Å²) in [6.07, 6.45) is -0.301. The van der Waals surface area contributed by atoms with Crippen molar-refractivity contribution in [3.63, 3.8) is 0 Å². The van der Waals surface area contributed by atoms with E-state index >= 15 is 0 Å². The number of hydrogen-bond acceptors (Lipinski definition) is 5. The smallest absolute Gasteiger partial charge is 0.272 e. The Balaban J connectivity index is 1.93. The molecule has 0 saturated carbocycles. The average molecular weight is 478 g/mol. The van der Waals surface area contributed by atoms with E-state index in [2.05, 4.69) is 102 Å². The lowest BCUT2D eigenvalue weighted by Gasteiger charge is -2.44. The Labute approximate surface area is 203 Å². The summed E-state index contributed by atoms with van der Waals surface area (Å²) < 4.78 is 7.09. The van der Waals surface area contributed by atoms with Gasteiger partial charge in [-0.15, -0.1) is 0 Å². The zero-order valence-corrected chi connectivity index (χ0v) is 21.6. The molecule has 3 rings (SSSR count). The van der Waals surface area contributed by atoms with Crippen LogP contribution in [0.3, 0.4) is 0 Å². The number of benzene rings is 2. The van der Waals surface area contributed by atoms with Crippen LogP contribution in [0, 0.1) is 0 Å². The molecule has 0 aliphatic rings. The highest BCUT2D eigenvalue weighted by Crippen LogP contribution is 2.39. The lowest BCUT2D eigenvalue weighted by atomic mass is 10.2. The van der Waals surface area contributed by atoms with Crippen LogP contribution in [0.15, 0.2) is 71.8 Å². The van der Waals surface area contributed by atoms with Crippen molar-refractivity contribution in [3.05, 3.63) is 78.1 Å². The van der Waals surface area contributed by atoms with Gasteiger partial charge in [-0.3, -0.25) is 9.89 Å². The highest BCUT2D eigenvalue weighted by molar-refractivity contribution is 6.99. The molecule has 0 bridgehead atoms. The molecule has 0 unspecified atom stereocenters. The van der Waals surface area contributed by atoms with Crippen molar-refractivity contribution in [2.24, 2.45) is 5.10 Å². The molecule has 1 amide bonds. The van der Waals surface area contributed by atoms with E-state index in [9.17, 15) is 4.79 Å². The summed E-state index contributed by atoms with van der Waals surface area (Å²) in [5.41, 5.74) is 3.84. The van der Waals surface area contributed by atoms with Crippen LogP contribution in [0.25, 0.3) is 0 Å². The van der Waals surface area contributed by atoms with Crippen molar-refractivity contribution < 1.29 is 9.22 Å². The third kappa shape index (κ3) is 5.45. The lowest BCUT2D eigenvalue weighted by Crippen LogP contribution is -2.66. The highest BCUT2D eigenvalue weighted by atomic mass is 28.4. The molecular formula is C26H35N5O2Si. The molecule has 3 N–H and O–H groups in total. The van der Waals surface area contributed by atoms with Gasteiger partial charge in [0.1, 0.15) is 5.69 Å². The summed E-state index contributed by atoms with van der Waals surface area (Å²) in [5, 5.41) is 16.0. The van der Waals surface area contributed by atoms with Crippen molar-refractivity contribution in [1.29, 1.82) is 0 Å². The van der Waals surface area contributed by atoms with E-state index in [1.54, 1.807) is 6.07 Å². The Morgan fingerprint density at radius 3 is 2.15 bits per heavy atom. The fourth-order valence-electron chi connectivity index (χ4n) is 4.23. The average Bonchev–Trinajstić information content (AvgIpc) is 3.32. The summed E-state index contributed by atoms with van der Waals surface area (Å²) >= 11 is 0. The van der Waals surface area contributed by atoms with Crippen LogP contribution >= 0.6 is 0 Å². The minimum atomic E-state index is -2.73. The molecular weight excluding hydrogens is 442 g/mol. The first-order chi connectivity index (χ1) is 16.2. The minimum absolute atomic E-state index is 0.121. The maximum atomic E-state index is 12.6. The second kappa shape index (κ2) is 10.8. The number of amides is 1. The summed E-state index contributed by atoms with van der Waals surface area (Å²) in [4.78, 5) is 12.6. The zero-order chi connectivity index (χ0) is 24.8. The SMILES string of the molecule is C=NNC[C@H](C)NC(=O)c1cc([C@@H](C)O[Si](c2ccccc2)(c2ccccc2)C(C)(C)C)[nH]n1. The van der Waals surface area contributed by atoms with Crippen molar-refractivity contribution in [3.8, 4) is 0 Å². The number of hydrogen-bond donors (Lipinski definition) is 3. The third-order valence-corrected chi connectivity index (χ3v) is 11.0. The van der Waals surface area contributed by atoms with Crippen molar-refractivity contribution in [1.82, 2.24) is 20.9 Å². The molecule has 2 aromatic carbocycles. The van der Waals surface area contributed by atoms with E-state index in [1.807, 2.05) is 26.0 Å². The predicted molar refractivity (Wildman–Crippen MR) is 140 cm³/mol. The summed E-state index contributed by atoms with van der Waals surface area (Å²) in [5.74, 6) is -0.251. The number of carbonyl (C=O) groups excluding carboxylic acids is 1. The van der Waals surface area contributed by atoms with Crippen molar-refractivity contribution in [2.75, 3.05) is 6.54 Å². The van der Waals surface area contributed by atoms with Gasteiger partial charge in [0.25, 0.3) is 14.2 Å². The van der Waals surface area contributed by atoms with Crippen LogP contribution in [0.4, 0.5) is 0 Å². The number of nitrogens with zero attached hydrogens (tertiary/aromatic N) is 2. The Hall–Kier alpha value is -3.23. The molecule has 3 aromatic rings. The second-order valence-electron chi connectivity index (χ2n) is 9.53. The molecule has 0 saturated heterocycles. The van der Waals surface area contributed by atoms with Gasteiger partial charge in [-0.25, -0.2) is 0 Å². The molecule has 0 aliphatic carbocycles. The van der Waals surface area contributed by atoms with E-state index in [4.69, 9.17) is 4.43 Å². The van der Waals surface area contributed by atoms with Crippen LogP contribution in [0.5, 0.6) is 0 Å². The molecule has 2 atom stereocenters. The maximum absolute atomic E-state index is 12.6. The zero-order valence-electron chi connectivity index (χ0n) is 20.6. The number of rotatable bonds is 10. The monoisotopic (exact) mass is 477 g/mol. The van der Waals surface area contributed by atoms with Gasteiger partial charge >= 0.3 is 0 Å². The summed E-state index contributed by atoms with van der Waals surface area (Å²) in [6.45, 7) is 14.5. The Morgan fingerprint density at radius 1 is 1.09 bits per heavy atom. The van der Waals surface area contributed by atoms with Gasteiger partial charge in [-0.1, -0.05) is 81.4 Å². The number of hydrazone groups is 1. The largest absolute Gasteiger partial charge is 0.399 e. The highest BCUT2D eigenvalue weighted by Gasteiger charge is 2.51. The first kappa shape index (κ1) is 25.4. The van der Waals surface area contributed by atoms with Gasteiger partial charge in [0.2, 0.25) is 0 Å². The Morgan fingerprint density at radius 2 is 1.65 bits per heavy atom. The molecule has 7 nitrogen and oxygen atoms in total. The van der Waals surface area contributed by atoms with Crippen LogP contribution in [0.1, 0.15) is 56.9 Å². The normalized spacial score (nSPS) is 13.7. The molecule has 8 heteroatoms. The van der Waals surface area contributed by atoms with E-state index in [0.29, 0.717) is 12.2 Å². The fraction of sp³-hybridized carbons (Fsp3) is 0.346. The molecule has 0 aliphatic heterocycles. The standard InChI is InChI=1S/C26H35N5O2Si/c1-19(18-28-27-6)29-25(32)24-17-23(30-31-24)20(2)33-34(26(3,4)5,21-13-9-7-10-14-21)22-15-11-8-12-16-22/h7-17,19-20,28H,6,18H2,1-5H3,(H,29,32)(H,30,31)/t19-,20+/m0/s1. The molecule has 1 heterocycles. The van der Waals surface area contributed by atoms with Gasteiger partial charge in [-0.05, 0) is 35.3 Å². The molecule has 0 fully saturated rings. The second-order valence-corrected chi connectivity index (χ2v) is 13.8. The van der Waals surface area contributed by atoms with E-state index in [0.717, 1.165) is 5.69 Å². The maximum Gasteiger partial charge on any atom is 0.272 e. The first-order valence-electron chi connectivity index (χ1n) is 11.5. The van der Waals surface area contributed by atoms with Crippen LogP contribution < -0.4 is 21.1 Å². The number of H-pyrrole nitrogens is 1. The number of aromatic nitrogens is 2. The Bertz CT molecular complexity index is 1040. The molecule has 180 valence electrons. The first-order valence-corrected chi connectivity index (χ1v) is 13.4.